The quantitative estimate of drug-likeness (QED) is 0.665. The van der Waals surface area contributed by atoms with Crippen LogP contribution in [0, 0.1) is 0 Å². The molecule has 1 aromatic rings. The second-order valence-corrected chi connectivity index (χ2v) is 9.63. The largest absolute Gasteiger partial charge is 0.444 e. The van der Waals surface area contributed by atoms with Crippen LogP contribution in [0.25, 0.3) is 0 Å². The maximum absolute atomic E-state index is 13.0. The van der Waals surface area contributed by atoms with Crippen molar-refractivity contribution in [2.75, 3.05) is 42.8 Å². The van der Waals surface area contributed by atoms with Gasteiger partial charge in [-0.25, -0.2) is 9.00 Å². The molecule has 2 aliphatic rings. The molecule has 1 N–H and O–H groups in total. The zero-order chi connectivity index (χ0) is 25.5. The monoisotopic (exact) mass is 497 g/mol. The predicted octanol–water partition coefficient (Wildman–Crippen LogP) is 2.70. The molecule has 11 heteroatoms. The van der Waals surface area contributed by atoms with Gasteiger partial charge in [-0.05, 0) is 45.0 Å². The predicted molar refractivity (Wildman–Crippen MR) is 130 cm³/mol. The number of morpholine rings is 1. The van der Waals surface area contributed by atoms with E-state index >= 15 is 0 Å². The van der Waals surface area contributed by atoms with Crippen LogP contribution in [0.3, 0.4) is 0 Å². The van der Waals surface area contributed by atoms with Gasteiger partial charge in [0.05, 0.1) is 19.3 Å². The van der Waals surface area contributed by atoms with Crippen molar-refractivity contribution >= 4 is 40.4 Å². The molecule has 3 amide bonds. The molecule has 0 aromatic heterocycles. The molecule has 2 aliphatic heterocycles. The SMILES string of the molecule is CC.CS(=O)OC1CC(C(=O)Nc2ccc(N3CCOCC3=O)cc2)N(C(=O)OC(C)(C)C)C1. The normalized spacial score (nSPS) is 21.4. The van der Waals surface area contributed by atoms with Gasteiger partial charge in [-0.1, -0.05) is 13.8 Å². The Balaban J connectivity index is 0.00000199. The van der Waals surface area contributed by atoms with Crippen molar-refractivity contribution in [2.24, 2.45) is 0 Å². The first-order valence-electron chi connectivity index (χ1n) is 11.3. The van der Waals surface area contributed by atoms with E-state index in [2.05, 4.69) is 5.32 Å². The van der Waals surface area contributed by atoms with Crippen molar-refractivity contribution in [3.8, 4) is 0 Å². The Morgan fingerprint density at radius 1 is 1.18 bits per heavy atom. The third kappa shape index (κ3) is 7.78. The highest BCUT2D eigenvalue weighted by Crippen LogP contribution is 2.26. The molecule has 3 atom stereocenters. The number of likely N-dealkylation sites (tertiary alicyclic amines) is 1. The lowest BCUT2D eigenvalue weighted by Gasteiger charge is -2.28. The van der Waals surface area contributed by atoms with Gasteiger partial charge in [0.15, 0.2) is 11.1 Å². The molecule has 190 valence electrons. The standard InChI is InChI=1S/C21H29N3O7S.C2H6/c1-21(2,3)30-20(27)24-12-16(31-32(4)28)11-17(24)19(26)22-14-5-7-15(8-6-14)23-9-10-29-13-18(23)25;1-2/h5-8,16-17H,9-13H2,1-4H3,(H,22,26);1-2H3. The summed E-state index contributed by atoms with van der Waals surface area (Å²) in [4.78, 5) is 40.6. The van der Waals surface area contributed by atoms with E-state index in [9.17, 15) is 18.6 Å². The minimum atomic E-state index is -1.53. The fraction of sp³-hybridized carbons (Fsp3) is 0.609. The van der Waals surface area contributed by atoms with Crippen molar-refractivity contribution in [2.45, 2.75) is 58.8 Å². The second kappa shape index (κ2) is 12.3. The van der Waals surface area contributed by atoms with Gasteiger partial charge < -0.3 is 19.7 Å². The van der Waals surface area contributed by atoms with Crippen molar-refractivity contribution in [3.05, 3.63) is 24.3 Å². The minimum absolute atomic E-state index is 0.0481. The molecule has 0 radical (unpaired) electrons. The van der Waals surface area contributed by atoms with Crippen molar-refractivity contribution < 1.29 is 32.2 Å². The van der Waals surface area contributed by atoms with Crippen LogP contribution in [-0.4, -0.2) is 77.3 Å². The first-order valence-corrected chi connectivity index (χ1v) is 12.8. The maximum Gasteiger partial charge on any atom is 0.411 e. The van der Waals surface area contributed by atoms with Crippen molar-refractivity contribution in [1.29, 1.82) is 0 Å². The molecule has 0 aliphatic carbocycles. The molecule has 34 heavy (non-hydrogen) atoms. The summed E-state index contributed by atoms with van der Waals surface area (Å²) in [6, 6.07) is 6.03. The van der Waals surface area contributed by atoms with E-state index in [1.54, 1.807) is 49.9 Å². The van der Waals surface area contributed by atoms with E-state index < -0.39 is 40.8 Å². The Hall–Kier alpha value is -2.50. The molecule has 3 rings (SSSR count). The van der Waals surface area contributed by atoms with Crippen LogP contribution in [0.5, 0.6) is 0 Å². The summed E-state index contributed by atoms with van der Waals surface area (Å²) in [7, 11) is 0. The van der Waals surface area contributed by atoms with E-state index in [4.69, 9.17) is 13.7 Å². The van der Waals surface area contributed by atoms with Gasteiger partial charge in [0.2, 0.25) is 5.91 Å². The Morgan fingerprint density at radius 2 is 1.82 bits per heavy atom. The number of anilines is 2. The van der Waals surface area contributed by atoms with Gasteiger partial charge in [0.25, 0.3) is 5.91 Å². The number of carbonyl (C=O) groups is 3. The highest BCUT2D eigenvalue weighted by molar-refractivity contribution is 7.79. The maximum atomic E-state index is 13.0. The molecule has 3 unspecified atom stereocenters. The molecule has 0 bridgehead atoms. The second-order valence-electron chi connectivity index (χ2n) is 8.64. The van der Waals surface area contributed by atoms with E-state index in [0.717, 1.165) is 0 Å². The summed E-state index contributed by atoms with van der Waals surface area (Å²) in [5.41, 5.74) is 0.510. The highest BCUT2D eigenvalue weighted by Gasteiger charge is 2.42. The molecule has 2 saturated heterocycles. The van der Waals surface area contributed by atoms with Gasteiger partial charge >= 0.3 is 6.09 Å². The summed E-state index contributed by atoms with van der Waals surface area (Å²) >= 11 is -1.53. The number of amides is 3. The number of nitrogens with one attached hydrogen (secondary N) is 1. The van der Waals surface area contributed by atoms with Gasteiger partial charge in [0, 0.05) is 30.6 Å². The van der Waals surface area contributed by atoms with Crippen LogP contribution in [0.4, 0.5) is 16.2 Å². The molecule has 0 saturated carbocycles. The zero-order valence-electron chi connectivity index (χ0n) is 20.7. The van der Waals surface area contributed by atoms with Gasteiger partial charge in [0.1, 0.15) is 18.2 Å². The number of hydrogen-bond acceptors (Lipinski definition) is 7. The zero-order valence-corrected chi connectivity index (χ0v) is 21.5. The van der Waals surface area contributed by atoms with E-state index in [0.29, 0.717) is 24.5 Å². The summed E-state index contributed by atoms with van der Waals surface area (Å²) in [5.74, 6) is -0.523. The number of ether oxygens (including phenoxy) is 2. The number of carbonyl (C=O) groups excluding carboxylic acids is 3. The first kappa shape index (κ1) is 27.7. The Kier molecular flexibility index (Phi) is 10.0. The minimum Gasteiger partial charge on any atom is -0.444 e. The van der Waals surface area contributed by atoms with E-state index in [1.165, 1.54) is 11.2 Å². The average molecular weight is 498 g/mol. The first-order chi connectivity index (χ1) is 16.0. The summed E-state index contributed by atoms with van der Waals surface area (Å²) in [6.45, 7) is 10.3. The molecular weight excluding hydrogens is 462 g/mol. The molecular formula is C23H35N3O7S. The summed E-state index contributed by atoms with van der Waals surface area (Å²) in [6.07, 6.45) is 0.419. The lowest BCUT2D eigenvalue weighted by molar-refractivity contribution is -0.125. The van der Waals surface area contributed by atoms with E-state index in [-0.39, 0.29) is 25.5 Å². The van der Waals surface area contributed by atoms with Crippen molar-refractivity contribution in [1.82, 2.24) is 4.90 Å². The van der Waals surface area contributed by atoms with Crippen LogP contribution >= 0.6 is 0 Å². The van der Waals surface area contributed by atoms with Crippen LogP contribution < -0.4 is 10.2 Å². The summed E-state index contributed by atoms with van der Waals surface area (Å²) < 4.78 is 27.4. The molecule has 2 fully saturated rings. The fourth-order valence-electron chi connectivity index (χ4n) is 3.57. The van der Waals surface area contributed by atoms with Crippen LogP contribution in [0.1, 0.15) is 41.0 Å². The van der Waals surface area contributed by atoms with Crippen molar-refractivity contribution in [3.63, 3.8) is 0 Å². The Labute approximate surface area is 203 Å². The average Bonchev–Trinajstić information content (AvgIpc) is 3.18. The summed E-state index contributed by atoms with van der Waals surface area (Å²) in [5, 5.41) is 2.80. The fourth-order valence-corrected chi connectivity index (χ4v) is 4.09. The van der Waals surface area contributed by atoms with Crippen LogP contribution in [0.2, 0.25) is 0 Å². The molecule has 1 aromatic carbocycles. The molecule has 2 heterocycles. The number of benzene rings is 1. The molecule has 10 nitrogen and oxygen atoms in total. The molecule has 0 spiro atoms. The van der Waals surface area contributed by atoms with Gasteiger partial charge in [-0.2, -0.15) is 0 Å². The Bertz CT molecular complexity index is 886. The lowest BCUT2D eigenvalue weighted by Crippen LogP contribution is -2.45. The lowest BCUT2D eigenvalue weighted by atomic mass is 10.1. The number of rotatable bonds is 5. The topological polar surface area (TPSA) is 114 Å². The van der Waals surface area contributed by atoms with Gasteiger partial charge in [-0.15, -0.1) is 0 Å². The van der Waals surface area contributed by atoms with E-state index in [1.807, 2.05) is 13.8 Å². The van der Waals surface area contributed by atoms with Gasteiger partial charge in [-0.3, -0.25) is 18.7 Å². The van der Waals surface area contributed by atoms with Crippen LogP contribution in [0.15, 0.2) is 24.3 Å². The smallest absolute Gasteiger partial charge is 0.411 e. The van der Waals surface area contributed by atoms with Crippen LogP contribution in [-0.2, 0) is 34.3 Å². The number of nitrogens with zero attached hydrogens (tertiary/aromatic N) is 2. The number of hydrogen-bond donors (Lipinski definition) is 1. The third-order valence-corrected chi connectivity index (χ3v) is 5.44. The Morgan fingerprint density at radius 3 is 2.38 bits per heavy atom. The highest BCUT2D eigenvalue weighted by atomic mass is 32.2. The third-order valence-electron chi connectivity index (χ3n) is 4.90.